The molecule has 0 atom stereocenters. The lowest BCUT2D eigenvalue weighted by atomic mass is 10.2. The summed E-state index contributed by atoms with van der Waals surface area (Å²) in [6.07, 6.45) is 0. The smallest absolute Gasteiger partial charge is 0.269 e. The first-order valence-electron chi connectivity index (χ1n) is 8.01. The second-order valence-electron chi connectivity index (χ2n) is 5.51. The van der Waals surface area contributed by atoms with Gasteiger partial charge >= 0.3 is 0 Å². The molecule has 0 saturated heterocycles. The SMILES string of the molecule is CCn1c2ccccc2c2nnc(NNC(=O)c3ccccc3)nc21. The van der Waals surface area contributed by atoms with Crippen molar-refractivity contribution in [2.75, 3.05) is 5.43 Å². The van der Waals surface area contributed by atoms with Gasteiger partial charge in [-0.2, -0.15) is 4.98 Å². The lowest BCUT2D eigenvalue weighted by molar-refractivity contribution is 0.0962. The van der Waals surface area contributed by atoms with Gasteiger partial charge < -0.3 is 4.57 Å². The van der Waals surface area contributed by atoms with E-state index in [1.807, 2.05) is 30.3 Å². The van der Waals surface area contributed by atoms with Crippen molar-refractivity contribution in [1.82, 2.24) is 25.2 Å². The van der Waals surface area contributed by atoms with Gasteiger partial charge in [-0.25, -0.2) is 0 Å². The van der Waals surface area contributed by atoms with Crippen molar-refractivity contribution in [3.63, 3.8) is 0 Å². The lowest BCUT2D eigenvalue weighted by Crippen LogP contribution is -2.30. The summed E-state index contributed by atoms with van der Waals surface area (Å²) in [5, 5.41) is 9.36. The fraction of sp³-hybridized carbons (Fsp3) is 0.111. The van der Waals surface area contributed by atoms with Crippen molar-refractivity contribution in [1.29, 1.82) is 0 Å². The Bertz CT molecular complexity index is 1060. The predicted molar refractivity (Wildman–Crippen MR) is 96.0 cm³/mol. The normalized spacial score (nSPS) is 10.9. The Morgan fingerprint density at radius 2 is 1.80 bits per heavy atom. The van der Waals surface area contributed by atoms with E-state index in [1.54, 1.807) is 24.3 Å². The van der Waals surface area contributed by atoms with Crippen LogP contribution in [0.2, 0.25) is 0 Å². The van der Waals surface area contributed by atoms with Crippen molar-refractivity contribution < 1.29 is 4.79 Å². The molecule has 4 aromatic rings. The minimum absolute atomic E-state index is 0.245. The largest absolute Gasteiger partial charge is 0.324 e. The molecule has 0 aliphatic rings. The molecule has 0 aliphatic carbocycles. The maximum atomic E-state index is 12.1. The molecule has 25 heavy (non-hydrogen) atoms. The number of hydrogen-bond donors (Lipinski definition) is 2. The number of hydrogen-bond acceptors (Lipinski definition) is 5. The number of benzene rings is 2. The fourth-order valence-electron chi connectivity index (χ4n) is 2.85. The minimum Gasteiger partial charge on any atom is -0.324 e. The van der Waals surface area contributed by atoms with Crippen molar-refractivity contribution in [3.8, 4) is 0 Å². The lowest BCUT2D eigenvalue weighted by Gasteiger charge is -2.07. The average molecular weight is 332 g/mol. The zero-order valence-corrected chi connectivity index (χ0v) is 13.6. The molecule has 2 heterocycles. The van der Waals surface area contributed by atoms with E-state index in [1.165, 1.54) is 0 Å². The van der Waals surface area contributed by atoms with Crippen LogP contribution in [0.15, 0.2) is 54.6 Å². The molecule has 0 unspecified atom stereocenters. The minimum atomic E-state index is -0.264. The Morgan fingerprint density at radius 1 is 1.04 bits per heavy atom. The quantitative estimate of drug-likeness (QED) is 0.561. The van der Waals surface area contributed by atoms with E-state index in [-0.39, 0.29) is 11.9 Å². The predicted octanol–water partition coefficient (Wildman–Crippen LogP) is 2.76. The van der Waals surface area contributed by atoms with Crippen LogP contribution in [0.5, 0.6) is 0 Å². The molecule has 0 spiro atoms. The van der Waals surface area contributed by atoms with Gasteiger partial charge in [-0.15, -0.1) is 10.2 Å². The molecule has 4 rings (SSSR count). The van der Waals surface area contributed by atoms with Gasteiger partial charge in [0.05, 0.1) is 5.52 Å². The highest BCUT2D eigenvalue weighted by Gasteiger charge is 2.13. The molecular weight excluding hydrogens is 316 g/mol. The average Bonchev–Trinajstić information content (AvgIpc) is 2.99. The summed E-state index contributed by atoms with van der Waals surface area (Å²) < 4.78 is 2.07. The molecule has 0 bridgehead atoms. The van der Waals surface area contributed by atoms with Gasteiger partial charge in [-0.1, -0.05) is 36.4 Å². The van der Waals surface area contributed by atoms with Crippen molar-refractivity contribution in [3.05, 3.63) is 60.2 Å². The molecule has 7 nitrogen and oxygen atoms in total. The van der Waals surface area contributed by atoms with Crippen LogP contribution in [0.4, 0.5) is 5.95 Å². The summed E-state index contributed by atoms with van der Waals surface area (Å²) in [6.45, 7) is 2.82. The van der Waals surface area contributed by atoms with Gasteiger partial charge in [0, 0.05) is 17.5 Å². The summed E-state index contributed by atoms with van der Waals surface area (Å²) >= 11 is 0. The van der Waals surface area contributed by atoms with E-state index < -0.39 is 0 Å². The Hall–Kier alpha value is -3.48. The summed E-state index contributed by atoms with van der Waals surface area (Å²) in [5.41, 5.74) is 8.41. The zero-order valence-electron chi connectivity index (χ0n) is 13.6. The van der Waals surface area contributed by atoms with Crippen molar-refractivity contribution >= 4 is 33.9 Å². The highest BCUT2D eigenvalue weighted by Crippen LogP contribution is 2.25. The number of rotatable bonds is 4. The molecule has 2 aromatic carbocycles. The van der Waals surface area contributed by atoms with Crippen molar-refractivity contribution in [2.45, 2.75) is 13.5 Å². The van der Waals surface area contributed by atoms with Crippen LogP contribution in [0.25, 0.3) is 22.1 Å². The van der Waals surface area contributed by atoms with E-state index in [0.717, 1.165) is 28.6 Å². The van der Waals surface area contributed by atoms with Crippen LogP contribution in [0, 0.1) is 0 Å². The van der Waals surface area contributed by atoms with Crippen molar-refractivity contribution in [2.24, 2.45) is 0 Å². The first kappa shape index (κ1) is 15.1. The summed E-state index contributed by atoms with van der Waals surface area (Å²) in [7, 11) is 0. The molecule has 2 N–H and O–H groups in total. The van der Waals surface area contributed by atoms with E-state index in [2.05, 4.69) is 37.5 Å². The van der Waals surface area contributed by atoms with Crippen LogP contribution < -0.4 is 10.9 Å². The van der Waals surface area contributed by atoms with E-state index >= 15 is 0 Å². The maximum absolute atomic E-state index is 12.1. The monoisotopic (exact) mass is 332 g/mol. The van der Waals surface area contributed by atoms with Gasteiger partial charge in [-0.05, 0) is 25.1 Å². The van der Waals surface area contributed by atoms with E-state index in [9.17, 15) is 4.79 Å². The molecule has 0 radical (unpaired) electrons. The topological polar surface area (TPSA) is 84.7 Å². The number of hydrazine groups is 1. The number of aryl methyl sites for hydroxylation is 1. The van der Waals surface area contributed by atoms with Crippen LogP contribution in [0.3, 0.4) is 0 Å². The first-order valence-corrected chi connectivity index (χ1v) is 8.01. The number of amides is 1. The maximum Gasteiger partial charge on any atom is 0.269 e. The Kier molecular flexibility index (Phi) is 3.74. The van der Waals surface area contributed by atoms with Gasteiger partial charge in [0.25, 0.3) is 11.9 Å². The molecule has 2 aromatic heterocycles. The third-order valence-electron chi connectivity index (χ3n) is 4.01. The molecule has 0 aliphatic heterocycles. The Labute approximate surface area is 143 Å². The molecule has 0 fully saturated rings. The molecule has 124 valence electrons. The number of carbonyl (C=O) groups excluding carboxylic acids is 1. The van der Waals surface area contributed by atoms with Gasteiger partial charge in [0.15, 0.2) is 5.65 Å². The number of carbonyl (C=O) groups is 1. The number of aromatic nitrogens is 4. The second kappa shape index (κ2) is 6.20. The van der Waals surface area contributed by atoms with E-state index in [4.69, 9.17) is 0 Å². The summed E-state index contributed by atoms with van der Waals surface area (Å²) in [4.78, 5) is 16.6. The highest BCUT2D eigenvalue weighted by atomic mass is 16.2. The summed E-state index contributed by atoms with van der Waals surface area (Å²) in [6, 6.07) is 16.9. The van der Waals surface area contributed by atoms with Crippen LogP contribution in [0.1, 0.15) is 17.3 Å². The second-order valence-corrected chi connectivity index (χ2v) is 5.51. The third-order valence-corrected chi connectivity index (χ3v) is 4.01. The Balaban J connectivity index is 1.65. The molecule has 1 amide bonds. The number of nitrogens with one attached hydrogen (secondary N) is 2. The Morgan fingerprint density at radius 3 is 2.60 bits per heavy atom. The van der Waals surface area contributed by atoms with E-state index in [0.29, 0.717) is 5.56 Å². The standard InChI is InChI=1S/C18H16N6O/c1-2-24-14-11-7-6-10-13(14)15-16(24)19-18(22-20-15)23-21-17(25)12-8-4-3-5-9-12/h3-11H,2H2,1H3,(H,21,25)(H,19,22,23). The van der Waals surface area contributed by atoms with Gasteiger partial charge in [0.2, 0.25) is 0 Å². The molecule has 7 heteroatoms. The van der Waals surface area contributed by atoms with Crippen LogP contribution in [-0.2, 0) is 6.54 Å². The first-order chi connectivity index (χ1) is 12.3. The number of para-hydroxylation sites is 1. The fourth-order valence-corrected chi connectivity index (χ4v) is 2.85. The molecular formula is C18H16N6O. The third kappa shape index (κ3) is 2.65. The van der Waals surface area contributed by atoms with Crippen LogP contribution in [-0.4, -0.2) is 25.7 Å². The molecule has 0 saturated carbocycles. The van der Waals surface area contributed by atoms with Gasteiger partial charge in [0.1, 0.15) is 5.52 Å². The number of fused-ring (bicyclic) bond motifs is 3. The van der Waals surface area contributed by atoms with Gasteiger partial charge in [-0.3, -0.25) is 15.6 Å². The number of nitrogens with zero attached hydrogens (tertiary/aromatic N) is 4. The van der Waals surface area contributed by atoms with Crippen LogP contribution >= 0.6 is 0 Å². The zero-order chi connectivity index (χ0) is 17.2. The summed E-state index contributed by atoms with van der Waals surface area (Å²) in [5.74, 6) is -0.0189. The number of anilines is 1. The highest BCUT2D eigenvalue weighted by molar-refractivity contribution is 6.04.